The quantitative estimate of drug-likeness (QED) is 0.380. The summed E-state index contributed by atoms with van der Waals surface area (Å²) < 4.78 is 0. The van der Waals surface area contributed by atoms with Crippen molar-refractivity contribution in [2.24, 2.45) is 16.0 Å². The van der Waals surface area contributed by atoms with Crippen molar-refractivity contribution in [1.29, 1.82) is 5.41 Å². The van der Waals surface area contributed by atoms with Crippen molar-refractivity contribution < 1.29 is 0 Å². The predicted octanol–water partition coefficient (Wildman–Crippen LogP) is 1.64. The van der Waals surface area contributed by atoms with Gasteiger partial charge in [-0.15, -0.1) is 5.11 Å². The van der Waals surface area contributed by atoms with Crippen LogP contribution in [-0.2, 0) is 6.42 Å². The molecule has 0 bridgehead atoms. The molecule has 0 saturated heterocycles. The summed E-state index contributed by atoms with van der Waals surface area (Å²) in [6, 6.07) is 8.06. The standard InChI is InChI=1S/C13H18N6/c1-16-19-13(15)18-8-10(14)6-9-7-17-12-5-3-2-4-11(9)12/h2-5,7,10,17H,6,8,14H2,1H3,(H2,15,18)/b19-16-/t10-/m0/s1. The smallest absolute Gasteiger partial charge is 0.234 e. The SMILES string of the molecule is C/N=N\C(=N)NC[C@@H](N)Cc1c[nH]c2ccccc12. The highest BCUT2D eigenvalue weighted by Gasteiger charge is 2.09. The minimum absolute atomic E-state index is 0.0388. The molecule has 0 saturated carbocycles. The Kier molecular flexibility index (Phi) is 4.25. The lowest BCUT2D eigenvalue weighted by atomic mass is 10.1. The topological polar surface area (TPSA) is 102 Å². The fourth-order valence-corrected chi connectivity index (χ4v) is 2.02. The molecule has 2 aromatic rings. The molecule has 0 aliphatic rings. The molecule has 5 N–H and O–H groups in total. The Hall–Kier alpha value is -2.21. The highest BCUT2D eigenvalue weighted by atomic mass is 15.2. The van der Waals surface area contributed by atoms with Gasteiger partial charge in [-0.05, 0) is 18.1 Å². The van der Waals surface area contributed by atoms with E-state index in [1.165, 1.54) is 18.0 Å². The van der Waals surface area contributed by atoms with Gasteiger partial charge in [0.15, 0.2) is 0 Å². The number of aromatic amines is 1. The van der Waals surface area contributed by atoms with Gasteiger partial charge in [-0.25, -0.2) is 0 Å². The molecule has 6 nitrogen and oxygen atoms in total. The van der Waals surface area contributed by atoms with Gasteiger partial charge in [0, 0.05) is 36.7 Å². The third-order valence-corrected chi connectivity index (χ3v) is 2.89. The Morgan fingerprint density at radius 2 is 2.26 bits per heavy atom. The van der Waals surface area contributed by atoms with Crippen LogP contribution < -0.4 is 11.1 Å². The summed E-state index contributed by atoms with van der Waals surface area (Å²) in [6.45, 7) is 0.497. The molecule has 6 heteroatoms. The number of fused-ring (bicyclic) bond motifs is 1. The summed E-state index contributed by atoms with van der Waals surface area (Å²) in [6.07, 6.45) is 2.73. The molecule has 100 valence electrons. The summed E-state index contributed by atoms with van der Waals surface area (Å²) in [4.78, 5) is 3.23. The number of para-hydroxylation sites is 1. The second-order valence-corrected chi connectivity index (χ2v) is 4.35. The fraction of sp³-hybridized carbons (Fsp3) is 0.308. The summed E-state index contributed by atoms with van der Waals surface area (Å²) in [5, 5.41) is 18.6. The van der Waals surface area contributed by atoms with E-state index in [2.05, 4.69) is 26.6 Å². The van der Waals surface area contributed by atoms with Gasteiger partial charge in [0.25, 0.3) is 0 Å². The van der Waals surface area contributed by atoms with Gasteiger partial charge < -0.3 is 16.0 Å². The number of aromatic nitrogens is 1. The van der Waals surface area contributed by atoms with Crippen LogP contribution in [0.4, 0.5) is 0 Å². The highest BCUT2D eigenvalue weighted by Crippen LogP contribution is 2.18. The molecule has 1 aromatic carbocycles. The Balaban J connectivity index is 1.95. The van der Waals surface area contributed by atoms with Crippen molar-refractivity contribution in [3.05, 3.63) is 36.0 Å². The zero-order chi connectivity index (χ0) is 13.7. The van der Waals surface area contributed by atoms with Gasteiger partial charge in [-0.1, -0.05) is 18.2 Å². The van der Waals surface area contributed by atoms with Gasteiger partial charge in [0.2, 0.25) is 5.96 Å². The monoisotopic (exact) mass is 258 g/mol. The van der Waals surface area contributed by atoms with Crippen LogP contribution in [0.1, 0.15) is 5.56 Å². The maximum absolute atomic E-state index is 7.43. The molecule has 19 heavy (non-hydrogen) atoms. The molecule has 1 heterocycles. The number of rotatable bonds is 4. The third-order valence-electron chi connectivity index (χ3n) is 2.89. The second kappa shape index (κ2) is 6.10. The van der Waals surface area contributed by atoms with Crippen LogP contribution in [0, 0.1) is 5.41 Å². The Morgan fingerprint density at radius 3 is 3.05 bits per heavy atom. The number of azo groups is 1. The van der Waals surface area contributed by atoms with Gasteiger partial charge >= 0.3 is 0 Å². The molecule has 0 fully saturated rings. The summed E-state index contributed by atoms with van der Waals surface area (Å²) in [7, 11) is 1.53. The largest absolute Gasteiger partial charge is 0.361 e. The third kappa shape index (κ3) is 3.38. The second-order valence-electron chi connectivity index (χ2n) is 4.35. The molecular formula is C13H18N6. The zero-order valence-corrected chi connectivity index (χ0v) is 10.9. The number of nitrogens with one attached hydrogen (secondary N) is 3. The van der Waals surface area contributed by atoms with Gasteiger partial charge in [-0.2, -0.15) is 5.11 Å². The van der Waals surface area contributed by atoms with Crippen molar-refractivity contribution in [2.75, 3.05) is 13.6 Å². The molecule has 2 rings (SSSR count). The van der Waals surface area contributed by atoms with E-state index in [0.29, 0.717) is 6.54 Å². The molecule has 1 atom stereocenters. The summed E-state index contributed by atoms with van der Waals surface area (Å²) in [5.74, 6) is 0.0388. The first kappa shape index (κ1) is 13.2. The molecule has 0 spiro atoms. The molecule has 0 aliphatic heterocycles. The van der Waals surface area contributed by atoms with Crippen molar-refractivity contribution in [2.45, 2.75) is 12.5 Å². The Bertz CT molecular complexity index is 586. The maximum atomic E-state index is 7.43. The Labute approximate surface area is 111 Å². The first-order valence-electron chi connectivity index (χ1n) is 6.13. The van der Waals surface area contributed by atoms with E-state index in [4.69, 9.17) is 11.1 Å². The first-order valence-corrected chi connectivity index (χ1v) is 6.13. The molecule has 0 unspecified atom stereocenters. The van der Waals surface area contributed by atoms with E-state index < -0.39 is 0 Å². The average molecular weight is 258 g/mol. The number of benzene rings is 1. The van der Waals surface area contributed by atoms with Crippen molar-refractivity contribution >= 4 is 16.9 Å². The van der Waals surface area contributed by atoms with Crippen LogP contribution in [0.3, 0.4) is 0 Å². The van der Waals surface area contributed by atoms with E-state index >= 15 is 0 Å². The van der Waals surface area contributed by atoms with E-state index in [1.54, 1.807) is 0 Å². The van der Waals surface area contributed by atoms with Crippen LogP contribution in [0.5, 0.6) is 0 Å². The average Bonchev–Trinajstić information content (AvgIpc) is 2.80. The van der Waals surface area contributed by atoms with E-state index in [-0.39, 0.29) is 12.0 Å². The minimum Gasteiger partial charge on any atom is -0.361 e. The number of nitrogens with two attached hydrogens (primary N) is 1. The lowest BCUT2D eigenvalue weighted by Gasteiger charge is -2.11. The Morgan fingerprint density at radius 1 is 1.47 bits per heavy atom. The first-order chi connectivity index (χ1) is 9.20. The van der Waals surface area contributed by atoms with E-state index in [1.807, 2.05) is 24.4 Å². The number of hydrogen-bond donors (Lipinski definition) is 4. The number of guanidine groups is 1. The van der Waals surface area contributed by atoms with E-state index in [0.717, 1.165) is 11.9 Å². The maximum Gasteiger partial charge on any atom is 0.234 e. The molecule has 0 radical (unpaired) electrons. The zero-order valence-electron chi connectivity index (χ0n) is 10.9. The van der Waals surface area contributed by atoms with Crippen molar-refractivity contribution in [3.63, 3.8) is 0 Å². The normalized spacial score (nSPS) is 12.9. The van der Waals surface area contributed by atoms with Crippen LogP contribution in [0.15, 0.2) is 40.7 Å². The lowest BCUT2D eigenvalue weighted by molar-refractivity contribution is 0.642. The summed E-state index contributed by atoms with van der Waals surface area (Å²) >= 11 is 0. The van der Waals surface area contributed by atoms with Crippen LogP contribution in [-0.4, -0.2) is 30.6 Å². The minimum atomic E-state index is -0.0772. The molecule has 0 amide bonds. The van der Waals surface area contributed by atoms with Crippen molar-refractivity contribution in [3.8, 4) is 0 Å². The van der Waals surface area contributed by atoms with E-state index in [9.17, 15) is 0 Å². The molecule has 0 aliphatic carbocycles. The lowest BCUT2D eigenvalue weighted by Crippen LogP contribution is -2.37. The molecule has 1 aromatic heterocycles. The fourth-order valence-electron chi connectivity index (χ4n) is 2.02. The number of hydrogen-bond acceptors (Lipinski definition) is 3. The molecular weight excluding hydrogens is 240 g/mol. The highest BCUT2D eigenvalue weighted by molar-refractivity contribution is 5.83. The van der Waals surface area contributed by atoms with Crippen LogP contribution >= 0.6 is 0 Å². The summed E-state index contributed by atoms with van der Waals surface area (Å²) in [5.41, 5.74) is 8.36. The van der Waals surface area contributed by atoms with Crippen LogP contribution in [0.2, 0.25) is 0 Å². The van der Waals surface area contributed by atoms with Gasteiger partial charge in [-0.3, -0.25) is 5.41 Å². The van der Waals surface area contributed by atoms with Crippen LogP contribution in [0.25, 0.3) is 10.9 Å². The van der Waals surface area contributed by atoms with Gasteiger partial charge in [0.1, 0.15) is 0 Å². The van der Waals surface area contributed by atoms with Crippen molar-refractivity contribution in [1.82, 2.24) is 10.3 Å². The number of nitrogens with zero attached hydrogens (tertiary/aromatic N) is 2. The number of H-pyrrole nitrogens is 1. The predicted molar refractivity (Wildman–Crippen MR) is 76.5 cm³/mol. The van der Waals surface area contributed by atoms with Gasteiger partial charge in [0.05, 0.1) is 0 Å².